The zero-order chi connectivity index (χ0) is 14.5. The van der Waals surface area contributed by atoms with Gasteiger partial charge in [-0.1, -0.05) is 6.08 Å². The molecule has 110 valence electrons. The molecule has 1 aromatic heterocycles. The molecule has 1 N–H and O–H groups in total. The third kappa shape index (κ3) is 3.30. The van der Waals surface area contributed by atoms with E-state index in [1.807, 2.05) is 7.05 Å². The lowest BCUT2D eigenvalue weighted by atomic mass is 9.96. The summed E-state index contributed by atoms with van der Waals surface area (Å²) < 4.78 is 2.01. The molecule has 0 atom stereocenters. The van der Waals surface area contributed by atoms with Crippen molar-refractivity contribution in [3.63, 3.8) is 0 Å². The molecule has 2 heterocycles. The zero-order valence-corrected chi connectivity index (χ0v) is 13.4. The van der Waals surface area contributed by atoms with E-state index in [2.05, 4.69) is 37.8 Å². The molecule has 0 unspecified atom stereocenters. The topological polar surface area (TPSA) is 50.2 Å². The number of nitrogens with zero attached hydrogens (tertiary/aromatic N) is 3. The minimum atomic E-state index is -0.0975. The quantitative estimate of drug-likeness (QED) is 0.827. The largest absolute Gasteiger partial charge is 0.369 e. The molecule has 1 aliphatic rings. The van der Waals surface area contributed by atoms with Crippen LogP contribution in [0.5, 0.6) is 0 Å². The van der Waals surface area contributed by atoms with E-state index in [0.29, 0.717) is 11.0 Å². The van der Waals surface area contributed by atoms with E-state index in [1.54, 1.807) is 12.3 Å². The van der Waals surface area contributed by atoms with Crippen molar-refractivity contribution in [2.24, 2.45) is 5.92 Å². The Balaban J connectivity index is 2.12. The monoisotopic (exact) mass is 340 g/mol. The van der Waals surface area contributed by atoms with E-state index in [1.165, 1.54) is 4.68 Å². The number of hydrogen-bond acceptors (Lipinski definition) is 4. The van der Waals surface area contributed by atoms with Crippen LogP contribution in [0.2, 0.25) is 0 Å². The molecule has 1 fully saturated rings. The van der Waals surface area contributed by atoms with Crippen LogP contribution in [0.4, 0.5) is 5.69 Å². The van der Waals surface area contributed by atoms with Crippen molar-refractivity contribution in [3.8, 4) is 0 Å². The van der Waals surface area contributed by atoms with Crippen molar-refractivity contribution in [1.29, 1.82) is 0 Å². The number of hydrogen-bond donors (Lipinski definition) is 1. The fourth-order valence-corrected chi connectivity index (χ4v) is 3.15. The lowest BCUT2D eigenvalue weighted by Crippen LogP contribution is -2.38. The van der Waals surface area contributed by atoms with Crippen molar-refractivity contribution in [1.82, 2.24) is 15.1 Å². The minimum Gasteiger partial charge on any atom is -0.369 e. The molecule has 1 aliphatic heterocycles. The number of rotatable bonds is 5. The summed E-state index contributed by atoms with van der Waals surface area (Å²) in [6.45, 7) is 7.07. The molecule has 0 aromatic carbocycles. The fraction of sp³-hybridized carbons (Fsp3) is 0.571. The summed E-state index contributed by atoms with van der Waals surface area (Å²) in [5.74, 6) is 0.726. The molecular weight excluding hydrogens is 320 g/mol. The first-order valence-electron chi connectivity index (χ1n) is 6.93. The lowest BCUT2D eigenvalue weighted by molar-refractivity contribution is 0.393. The molecular formula is C14H21BrN4O. The molecule has 0 saturated carbocycles. The summed E-state index contributed by atoms with van der Waals surface area (Å²) in [6.07, 6.45) is 5.73. The molecule has 0 bridgehead atoms. The molecule has 5 nitrogen and oxygen atoms in total. The first-order valence-corrected chi connectivity index (χ1v) is 7.72. The molecule has 6 heteroatoms. The predicted molar refractivity (Wildman–Crippen MR) is 85.3 cm³/mol. The van der Waals surface area contributed by atoms with Crippen LogP contribution in [0.25, 0.3) is 0 Å². The average Bonchev–Trinajstić information content (AvgIpc) is 2.46. The van der Waals surface area contributed by atoms with E-state index in [0.717, 1.165) is 44.1 Å². The van der Waals surface area contributed by atoms with Crippen LogP contribution in [-0.4, -0.2) is 36.5 Å². The van der Waals surface area contributed by atoms with Crippen molar-refractivity contribution in [2.75, 3.05) is 31.6 Å². The van der Waals surface area contributed by atoms with Gasteiger partial charge in [0, 0.05) is 13.1 Å². The Labute approximate surface area is 127 Å². The van der Waals surface area contributed by atoms with Crippen LogP contribution in [-0.2, 0) is 6.54 Å². The van der Waals surface area contributed by atoms with E-state index in [9.17, 15) is 4.79 Å². The van der Waals surface area contributed by atoms with Gasteiger partial charge in [0.25, 0.3) is 5.56 Å². The van der Waals surface area contributed by atoms with Crippen molar-refractivity contribution >= 4 is 21.6 Å². The number of nitrogens with one attached hydrogen (secondary N) is 1. The highest BCUT2D eigenvalue weighted by Crippen LogP contribution is 2.26. The van der Waals surface area contributed by atoms with Crippen LogP contribution in [0.1, 0.15) is 12.8 Å². The summed E-state index contributed by atoms with van der Waals surface area (Å²) in [5.41, 5.74) is 0.804. The van der Waals surface area contributed by atoms with Gasteiger partial charge in [-0.15, -0.1) is 6.58 Å². The maximum absolute atomic E-state index is 12.2. The first kappa shape index (κ1) is 15.3. The third-order valence-electron chi connectivity index (χ3n) is 3.72. The number of halogens is 1. The molecule has 1 saturated heterocycles. The number of aromatic nitrogens is 2. The van der Waals surface area contributed by atoms with Crippen molar-refractivity contribution < 1.29 is 0 Å². The summed E-state index contributed by atoms with van der Waals surface area (Å²) in [5, 5.41) is 7.44. The van der Waals surface area contributed by atoms with Gasteiger partial charge >= 0.3 is 0 Å². The Hall–Kier alpha value is -1.14. The summed E-state index contributed by atoms with van der Waals surface area (Å²) in [4.78, 5) is 14.4. The van der Waals surface area contributed by atoms with Crippen LogP contribution >= 0.6 is 15.9 Å². The number of piperidine rings is 1. The van der Waals surface area contributed by atoms with E-state index < -0.39 is 0 Å². The van der Waals surface area contributed by atoms with Gasteiger partial charge in [-0.05, 0) is 48.3 Å². The highest BCUT2D eigenvalue weighted by molar-refractivity contribution is 9.10. The van der Waals surface area contributed by atoms with Gasteiger partial charge in [-0.3, -0.25) is 4.79 Å². The first-order chi connectivity index (χ1) is 9.67. The average molecular weight is 341 g/mol. The van der Waals surface area contributed by atoms with Crippen LogP contribution in [0.15, 0.2) is 28.1 Å². The molecule has 0 spiro atoms. The van der Waals surface area contributed by atoms with Gasteiger partial charge in [-0.2, -0.15) is 5.10 Å². The van der Waals surface area contributed by atoms with Gasteiger partial charge < -0.3 is 10.2 Å². The van der Waals surface area contributed by atoms with Crippen molar-refractivity contribution in [2.45, 2.75) is 19.4 Å². The normalized spacial score (nSPS) is 16.4. The van der Waals surface area contributed by atoms with Crippen LogP contribution < -0.4 is 15.8 Å². The number of allylic oxidation sites excluding steroid dienone is 1. The van der Waals surface area contributed by atoms with E-state index >= 15 is 0 Å². The molecule has 2 rings (SSSR count). The summed E-state index contributed by atoms with van der Waals surface area (Å²) >= 11 is 3.42. The van der Waals surface area contributed by atoms with Crippen molar-refractivity contribution in [3.05, 3.63) is 33.7 Å². The van der Waals surface area contributed by atoms with Gasteiger partial charge in [0.1, 0.15) is 4.47 Å². The SMILES string of the molecule is C=CCn1ncc(N2CCC(CNC)CC2)c(Br)c1=O. The second-order valence-electron chi connectivity index (χ2n) is 5.11. The smallest absolute Gasteiger partial charge is 0.283 e. The fourth-order valence-electron chi connectivity index (χ4n) is 2.60. The maximum atomic E-state index is 12.2. The third-order valence-corrected chi connectivity index (χ3v) is 4.46. The van der Waals surface area contributed by atoms with Crippen LogP contribution in [0.3, 0.4) is 0 Å². The summed E-state index contributed by atoms with van der Waals surface area (Å²) in [7, 11) is 1.99. The zero-order valence-electron chi connectivity index (χ0n) is 11.8. The van der Waals surface area contributed by atoms with Gasteiger partial charge in [0.05, 0.1) is 18.4 Å². The van der Waals surface area contributed by atoms with Gasteiger partial charge in [0.2, 0.25) is 0 Å². The Morgan fingerprint density at radius 3 is 2.85 bits per heavy atom. The van der Waals surface area contributed by atoms with E-state index in [-0.39, 0.29) is 5.56 Å². The van der Waals surface area contributed by atoms with Gasteiger partial charge in [-0.25, -0.2) is 4.68 Å². The molecule has 0 amide bonds. The highest BCUT2D eigenvalue weighted by Gasteiger charge is 2.21. The Bertz CT molecular complexity index is 520. The second-order valence-corrected chi connectivity index (χ2v) is 5.90. The molecule has 0 aliphatic carbocycles. The van der Waals surface area contributed by atoms with Crippen LogP contribution in [0, 0.1) is 5.92 Å². The number of anilines is 1. The standard InChI is InChI=1S/C14H21BrN4O/c1-3-6-19-14(20)13(15)12(10-17-19)18-7-4-11(5-8-18)9-16-2/h3,10-11,16H,1,4-9H2,2H3. The lowest BCUT2D eigenvalue weighted by Gasteiger charge is -2.33. The Morgan fingerprint density at radius 2 is 2.25 bits per heavy atom. The van der Waals surface area contributed by atoms with Gasteiger partial charge in [0.15, 0.2) is 0 Å². The minimum absolute atomic E-state index is 0.0975. The summed E-state index contributed by atoms with van der Waals surface area (Å²) in [6, 6.07) is 0. The predicted octanol–water partition coefficient (Wildman–Crippen LogP) is 1.63. The maximum Gasteiger partial charge on any atom is 0.283 e. The Morgan fingerprint density at radius 1 is 1.55 bits per heavy atom. The molecule has 0 radical (unpaired) electrons. The van der Waals surface area contributed by atoms with E-state index in [4.69, 9.17) is 0 Å². The highest BCUT2D eigenvalue weighted by atomic mass is 79.9. The molecule has 20 heavy (non-hydrogen) atoms. The Kier molecular flexibility index (Phi) is 5.37. The molecule has 1 aromatic rings. The second kappa shape index (κ2) is 7.04.